The summed E-state index contributed by atoms with van der Waals surface area (Å²) >= 11 is 0. The molecule has 0 aromatic carbocycles. The van der Waals surface area contributed by atoms with E-state index in [1.54, 1.807) is 6.07 Å². The molecule has 1 aromatic heterocycles. The summed E-state index contributed by atoms with van der Waals surface area (Å²) in [5, 5.41) is 9.00. The van der Waals surface area contributed by atoms with Crippen LogP contribution in [-0.4, -0.2) is 23.1 Å². The smallest absolute Gasteiger partial charge is 0.226 e. The Kier molecular flexibility index (Phi) is 4.36. The van der Waals surface area contributed by atoms with Crippen molar-refractivity contribution in [2.45, 2.75) is 40.0 Å². The zero-order valence-electron chi connectivity index (χ0n) is 12.1. The molecule has 2 heterocycles. The van der Waals surface area contributed by atoms with E-state index in [1.807, 2.05) is 6.92 Å². The van der Waals surface area contributed by atoms with Crippen LogP contribution in [0, 0.1) is 30.1 Å². The molecule has 1 saturated heterocycles. The normalized spacial score (nSPS) is 20.2. The molecule has 1 atom stereocenters. The second-order valence-corrected chi connectivity index (χ2v) is 5.73. The maximum Gasteiger partial charge on any atom is 0.226 e. The van der Waals surface area contributed by atoms with Gasteiger partial charge in [-0.3, -0.25) is 0 Å². The van der Waals surface area contributed by atoms with E-state index in [0.29, 0.717) is 5.69 Å². The Labute approximate surface area is 115 Å². The first kappa shape index (κ1) is 13.8. The minimum Gasteiger partial charge on any atom is -0.341 e. The van der Waals surface area contributed by atoms with Crippen LogP contribution in [0.1, 0.15) is 44.5 Å². The van der Waals surface area contributed by atoms with Crippen molar-refractivity contribution >= 4 is 5.95 Å². The number of hydrogen-bond acceptors (Lipinski definition) is 4. The summed E-state index contributed by atoms with van der Waals surface area (Å²) in [7, 11) is 0. The third kappa shape index (κ3) is 3.44. The van der Waals surface area contributed by atoms with E-state index in [1.165, 1.54) is 19.3 Å². The molecule has 4 heteroatoms. The number of nitriles is 1. The van der Waals surface area contributed by atoms with Crippen molar-refractivity contribution in [3.05, 3.63) is 17.5 Å². The highest BCUT2D eigenvalue weighted by Gasteiger charge is 2.21. The number of rotatable bonds is 2. The lowest BCUT2D eigenvalue weighted by molar-refractivity contribution is 0.351. The van der Waals surface area contributed by atoms with Gasteiger partial charge in [-0.1, -0.05) is 13.8 Å². The predicted molar refractivity (Wildman–Crippen MR) is 75.9 cm³/mol. The molecule has 0 spiro atoms. The number of aryl methyl sites for hydroxylation is 1. The van der Waals surface area contributed by atoms with E-state index in [4.69, 9.17) is 5.26 Å². The monoisotopic (exact) mass is 258 g/mol. The molecule has 0 aliphatic carbocycles. The lowest BCUT2D eigenvalue weighted by atomic mass is 9.89. The maximum absolute atomic E-state index is 9.00. The Morgan fingerprint density at radius 1 is 1.32 bits per heavy atom. The van der Waals surface area contributed by atoms with Gasteiger partial charge < -0.3 is 4.90 Å². The molecule has 1 unspecified atom stereocenters. The van der Waals surface area contributed by atoms with Crippen molar-refractivity contribution in [1.82, 2.24) is 9.97 Å². The van der Waals surface area contributed by atoms with Gasteiger partial charge in [0.05, 0.1) is 0 Å². The van der Waals surface area contributed by atoms with E-state index in [2.05, 4.69) is 34.8 Å². The van der Waals surface area contributed by atoms with Crippen molar-refractivity contribution < 1.29 is 0 Å². The van der Waals surface area contributed by atoms with Crippen LogP contribution in [0.2, 0.25) is 0 Å². The Morgan fingerprint density at radius 3 is 2.79 bits per heavy atom. The molecule has 102 valence electrons. The molecule has 1 aromatic rings. The van der Waals surface area contributed by atoms with Crippen LogP contribution in [0.3, 0.4) is 0 Å². The molecule has 0 saturated carbocycles. The Morgan fingerprint density at radius 2 is 2.11 bits per heavy atom. The molecular weight excluding hydrogens is 236 g/mol. The molecule has 2 rings (SSSR count). The number of anilines is 1. The fourth-order valence-corrected chi connectivity index (χ4v) is 2.74. The van der Waals surface area contributed by atoms with Gasteiger partial charge in [0.1, 0.15) is 11.8 Å². The van der Waals surface area contributed by atoms with Crippen molar-refractivity contribution in [3.8, 4) is 6.07 Å². The molecule has 1 aliphatic rings. The maximum atomic E-state index is 9.00. The molecule has 0 amide bonds. The summed E-state index contributed by atoms with van der Waals surface area (Å²) in [5.41, 5.74) is 1.33. The molecular formula is C15H22N4. The summed E-state index contributed by atoms with van der Waals surface area (Å²) in [4.78, 5) is 11.1. The van der Waals surface area contributed by atoms with Crippen LogP contribution < -0.4 is 4.90 Å². The summed E-state index contributed by atoms with van der Waals surface area (Å²) in [6, 6.07) is 3.85. The van der Waals surface area contributed by atoms with Crippen LogP contribution in [0.25, 0.3) is 0 Å². The predicted octanol–water partition coefficient (Wildman–Crippen LogP) is 2.92. The highest BCUT2D eigenvalue weighted by Crippen LogP contribution is 2.26. The van der Waals surface area contributed by atoms with Crippen LogP contribution in [0.5, 0.6) is 0 Å². The van der Waals surface area contributed by atoms with E-state index in [9.17, 15) is 0 Å². The van der Waals surface area contributed by atoms with Gasteiger partial charge in [0.25, 0.3) is 0 Å². The minimum absolute atomic E-state index is 0.465. The molecule has 1 fully saturated rings. The van der Waals surface area contributed by atoms with Crippen LogP contribution in [0.15, 0.2) is 6.07 Å². The number of hydrogen-bond donors (Lipinski definition) is 0. The minimum atomic E-state index is 0.465. The van der Waals surface area contributed by atoms with Gasteiger partial charge in [-0.2, -0.15) is 5.26 Å². The zero-order chi connectivity index (χ0) is 13.8. The van der Waals surface area contributed by atoms with Gasteiger partial charge >= 0.3 is 0 Å². The van der Waals surface area contributed by atoms with Gasteiger partial charge in [-0.05, 0) is 44.1 Å². The summed E-state index contributed by atoms with van der Waals surface area (Å²) in [5.74, 6) is 2.26. The molecule has 4 nitrogen and oxygen atoms in total. The lowest BCUT2D eigenvalue weighted by Crippen LogP contribution is -2.27. The average molecular weight is 258 g/mol. The van der Waals surface area contributed by atoms with Crippen LogP contribution >= 0.6 is 0 Å². The fourth-order valence-electron chi connectivity index (χ4n) is 2.74. The van der Waals surface area contributed by atoms with E-state index in [0.717, 1.165) is 36.6 Å². The van der Waals surface area contributed by atoms with Gasteiger partial charge in [0.15, 0.2) is 0 Å². The van der Waals surface area contributed by atoms with Gasteiger partial charge in [0.2, 0.25) is 5.95 Å². The summed E-state index contributed by atoms with van der Waals surface area (Å²) < 4.78 is 0. The molecule has 1 aliphatic heterocycles. The van der Waals surface area contributed by atoms with Crippen LogP contribution in [-0.2, 0) is 0 Å². The van der Waals surface area contributed by atoms with E-state index < -0.39 is 0 Å². The van der Waals surface area contributed by atoms with Gasteiger partial charge in [-0.25, -0.2) is 9.97 Å². The third-order valence-electron chi connectivity index (χ3n) is 3.96. The highest BCUT2D eigenvalue weighted by molar-refractivity contribution is 5.36. The van der Waals surface area contributed by atoms with Crippen LogP contribution in [0.4, 0.5) is 5.95 Å². The largest absolute Gasteiger partial charge is 0.341 e. The first-order valence-corrected chi connectivity index (χ1v) is 7.11. The van der Waals surface area contributed by atoms with Crippen molar-refractivity contribution in [2.75, 3.05) is 18.0 Å². The lowest BCUT2D eigenvalue weighted by Gasteiger charge is -2.21. The second kappa shape index (κ2) is 6.01. The summed E-state index contributed by atoms with van der Waals surface area (Å²) in [6.07, 6.45) is 3.66. The number of nitrogens with zero attached hydrogens (tertiary/aromatic N) is 4. The second-order valence-electron chi connectivity index (χ2n) is 5.73. The first-order valence-electron chi connectivity index (χ1n) is 7.11. The van der Waals surface area contributed by atoms with Gasteiger partial charge in [0, 0.05) is 18.8 Å². The van der Waals surface area contributed by atoms with Crippen molar-refractivity contribution in [1.29, 1.82) is 5.26 Å². The Balaban J connectivity index is 2.14. The summed E-state index contributed by atoms with van der Waals surface area (Å²) in [6.45, 7) is 8.52. The molecule has 19 heavy (non-hydrogen) atoms. The number of aromatic nitrogens is 2. The quantitative estimate of drug-likeness (QED) is 0.818. The average Bonchev–Trinajstić information content (AvgIpc) is 2.63. The zero-order valence-corrected chi connectivity index (χ0v) is 12.1. The third-order valence-corrected chi connectivity index (χ3v) is 3.96. The topological polar surface area (TPSA) is 52.8 Å². The van der Waals surface area contributed by atoms with E-state index >= 15 is 0 Å². The standard InChI is InChI=1S/C15H22N4/c1-11(2)13-5-4-7-19(8-6-13)15-17-12(3)9-14(10-16)18-15/h9,11,13H,4-8H2,1-3H3. The highest BCUT2D eigenvalue weighted by atomic mass is 15.2. The fraction of sp³-hybridized carbons (Fsp3) is 0.667. The molecule has 0 bridgehead atoms. The van der Waals surface area contributed by atoms with Crippen molar-refractivity contribution in [3.63, 3.8) is 0 Å². The SMILES string of the molecule is Cc1cc(C#N)nc(N2CCCC(C(C)C)CC2)n1. The first-order chi connectivity index (χ1) is 9.10. The Bertz CT molecular complexity index is 476. The molecule has 0 N–H and O–H groups in total. The van der Waals surface area contributed by atoms with Crippen molar-refractivity contribution in [2.24, 2.45) is 11.8 Å². The Hall–Kier alpha value is -1.63. The van der Waals surface area contributed by atoms with E-state index in [-0.39, 0.29) is 0 Å². The molecule has 0 radical (unpaired) electrons. The van der Waals surface area contributed by atoms with Gasteiger partial charge in [-0.15, -0.1) is 0 Å².